The van der Waals surface area contributed by atoms with Gasteiger partial charge in [0.15, 0.2) is 0 Å². The first-order chi connectivity index (χ1) is 10.2. The molecule has 104 valence electrons. The minimum absolute atomic E-state index is 0.0250. The largest absolute Gasteiger partial charge is 0.497 e. The van der Waals surface area contributed by atoms with Gasteiger partial charge in [-0.15, -0.1) is 0 Å². The molecule has 0 radical (unpaired) electrons. The molecule has 2 rings (SSSR count). The van der Waals surface area contributed by atoms with Crippen molar-refractivity contribution >= 4 is 17.7 Å². The maximum Gasteiger partial charge on any atom is 0.266 e. The van der Waals surface area contributed by atoms with Gasteiger partial charge in [-0.3, -0.25) is 9.78 Å². The fourth-order valence-corrected chi connectivity index (χ4v) is 1.65. The maximum absolute atomic E-state index is 12.1. The zero-order valence-electron chi connectivity index (χ0n) is 11.4. The number of methoxy groups -OCH3 is 1. The van der Waals surface area contributed by atoms with E-state index in [9.17, 15) is 4.79 Å². The van der Waals surface area contributed by atoms with E-state index in [1.54, 1.807) is 55.9 Å². The van der Waals surface area contributed by atoms with E-state index in [0.29, 0.717) is 11.4 Å². The number of nitrogens with zero attached hydrogens (tertiary/aromatic N) is 2. The van der Waals surface area contributed by atoms with Crippen molar-refractivity contribution in [3.05, 3.63) is 59.9 Å². The van der Waals surface area contributed by atoms with Crippen molar-refractivity contribution in [1.82, 2.24) is 4.98 Å². The predicted molar refractivity (Wildman–Crippen MR) is 79.5 cm³/mol. The van der Waals surface area contributed by atoms with Crippen molar-refractivity contribution in [3.63, 3.8) is 0 Å². The van der Waals surface area contributed by atoms with Crippen LogP contribution in [-0.2, 0) is 4.79 Å². The Kier molecular flexibility index (Phi) is 4.67. The van der Waals surface area contributed by atoms with Crippen LogP contribution in [0.15, 0.2) is 54.4 Å². The van der Waals surface area contributed by atoms with Crippen LogP contribution in [0.1, 0.15) is 5.56 Å². The molecule has 0 unspecified atom stereocenters. The summed E-state index contributed by atoms with van der Waals surface area (Å²) < 4.78 is 5.04. The van der Waals surface area contributed by atoms with Crippen molar-refractivity contribution in [2.24, 2.45) is 0 Å². The fraction of sp³-hybridized carbons (Fsp3) is 0.0625. The Morgan fingerprint density at radius 2 is 1.90 bits per heavy atom. The molecule has 0 saturated carbocycles. The van der Waals surface area contributed by atoms with Crippen LogP contribution in [0.25, 0.3) is 6.08 Å². The summed E-state index contributed by atoms with van der Waals surface area (Å²) in [4.78, 5) is 15.9. The van der Waals surface area contributed by atoms with E-state index in [1.807, 2.05) is 6.07 Å². The summed E-state index contributed by atoms with van der Waals surface area (Å²) in [5.41, 5.74) is 1.36. The van der Waals surface area contributed by atoms with Gasteiger partial charge in [0, 0.05) is 18.1 Å². The van der Waals surface area contributed by atoms with Crippen LogP contribution in [0, 0.1) is 11.3 Å². The summed E-state index contributed by atoms with van der Waals surface area (Å²) >= 11 is 0. The molecule has 1 aromatic heterocycles. The molecule has 5 nitrogen and oxygen atoms in total. The van der Waals surface area contributed by atoms with Crippen LogP contribution in [0.4, 0.5) is 5.69 Å². The molecule has 0 aliphatic carbocycles. The number of carbonyl (C=O) groups excluding carboxylic acids is 1. The van der Waals surface area contributed by atoms with Crippen molar-refractivity contribution in [3.8, 4) is 11.8 Å². The number of hydrogen-bond acceptors (Lipinski definition) is 4. The summed E-state index contributed by atoms with van der Waals surface area (Å²) in [6.45, 7) is 0. The number of rotatable bonds is 4. The SMILES string of the molecule is COc1ccc(NC(=O)/C(C#N)=C/c2ccncc2)cc1. The molecule has 0 fully saturated rings. The third kappa shape index (κ3) is 3.91. The van der Waals surface area contributed by atoms with Gasteiger partial charge in [-0.25, -0.2) is 0 Å². The second-order valence-electron chi connectivity index (χ2n) is 4.13. The highest BCUT2D eigenvalue weighted by atomic mass is 16.5. The molecule has 5 heteroatoms. The van der Waals surface area contributed by atoms with Gasteiger partial charge in [0.1, 0.15) is 17.4 Å². The molecule has 0 bridgehead atoms. The standard InChI is InChI=1S/C16H13N3O2/c1-21-15-4-2-14(3-5-15)19-16(20)13(11-17)10-12-6-8-18-9-7-12/h2-10H,1H3,(H,19,20)/b13-10+. The Morgan fingerprint density at radius 3 is 2.48 bits per heavy atom. The lowest BCUT2D eigenvalue weighted by Crippen LogP contribution is -2.13. The van der Waals surface area contributed by atoms with Crippen molar-refractivity contribution in [2.45, 2.75) is 0 Å². The summed E-state index contributed by atoms with van der Waals surface area (Å²) in [5.74, 6) is 0.236. The highest BCUT2D eigenvalue weighted by molar-refractivity contribution is 6.09. The Labute approximate surface area is 122 Å². The van der Waals surface area contributed by atoms with Crippen LogP contribution in [0.5, 0.6) is 5.75 Å². The monoisotopic (exact) mass is 279 g/mol. The van der Waals surface area contributed by atoms with Gasteiger partial charge in [-0.1, -0.05) is 0 Å². The van der Waals surface area contributed by atoms with Crippen LogP contribution < -0.4 is 10.1 Å². The van der Waals surface area contributed by atoms with Crippen LogP contribution >= 0.6 is 0 Å². The summed E-state index contributed by atoms with van der Waals surface area (Å²) in [6, 6.07) is 12.2. The minimum Gasteiger partial charge on any atom is -0.497 e. The second-order valence-corrected chi connectivity index (χ2v) is 4.13. The average Bonchev–Trinajstić information content (AvgIpc) is 2.54. The molecule has 2 aromatic rings. The van der Waals surface area contributed by atoms with Gasteiger partial charge in [0.2, 0.25) is 0 Å². The Bertz CT molecular complexity index is 686. The molecule has 21 heavy (non-hydrogen) atoms. The fourth-order valence-electron chi connectivity index (χ4n) is 1.65. The number of hydrogen-bond donors (Lipinski definition) is 1. The molecule has 0 saturated heterocycles. The summed E-state index contributed by atoms with van der Waals surface area (Å²) in [7, 11) is 1.57. The molecule has 0 aliphatic heterocycles. The highest BCUT2D eigenvalue weighted by Gasteiger charge is 2.09. The first kappa shape index (κ1) is 14.3. The number of nitriles is 1. The number of carbonyl (C=O) groups is 1. The van der Waals surface area contributed by atoms with Crippen LogP contribution in [-0.4, -0.2) is 18.0 Å². The van der Waals surface area contributed by atoms with Crippen molar-refractivity contribution in [1.29, 1.82) is 5.26 Å². The Morgan fingerprint density at radius 1 is 1.24 bits per heavy atom. The number of pyridine rings is 1. The van der Waals surface area contributed by atoms with Crippen molar-refractivity contribution < 1.29 is 9.53 Å². The first-order valence-corrected chi connectivity index (χ1v) is 6.20. The topological polar surface area (TPSA) is 75.0 Å². The molecule has 1 heterocycles. The molecule has 0 atom stereocenters. The van der Waals surface area contributed by atoms with Gasteiger partial charge in [-0.05, 0) is 48.0 Å². The van der Waals surface area contributed by atoms with E-state index in [4.69, 9.17) is 10.00 Å². The van der Waals surface area contributed by atoms with E-state index in [2.05, 4.69) is 10.3 Å². The van der Waals surface area contributed by atoms with Gasteiger partial charge < -0.3 is 10.1 Å². The summed E-state index contributed by atoms with van der Waals surface area (Å²) in [6.07, 6.45) is 4.71. The van der Waals surface area contributed by atoms with Crippen molar-refractivity contribution in [2.75, 3.05) is 12.4 Å². The number of ether oxygens (including phenoxy) is 1. The van der Waals surface area contributed by atoms with Gasteiger partial charge in [-0.2, -0.15) is 5.26 Å². The molecule has 1 N–H and O–H groups in total. The minimum atomic E-state index is -0.459. The lowest BCUT2D eigenvalue weighted by Gasteiger charge is -2.05. The molecule has 0 aliphatic rings. The maximum atomic E-state index is 12.1. The van der Waals surface area contributed by atoms with Gasteiger partial charge in [0.25, 0.3) is 5.91 Å². The summed E-state index contributed by atoms with van der Waals surface area (Å²) in [5, 5.41) is 11.8. The molecule has 0 spiro atoms. The molecule has 1 amide bonds. The number of amides is 1. The van der Waals surface area contributed by atoms with Crippen LogP contribution in [0.3, 0.4) is 0 Å². The lowest BCUT2D eigenvalue weighted by molar-refractivity contribution is -0.112. The number of benzene rings is 1. The highest BCUT2D eigenvalue weighted by Crippen LogP contribution is 2.16. The lowest BCUT2D eigenvalue weighted by atomic mass is 10.1. The third-order valence-corrected chi connectivity index (χ3v) is 2.73. The van der Waals surface area contributed by atoms with E-state index >= 15 is 0 Å². The molecule has 1 aromatic carbocycles. The Hall–Kier alpha value is -3.13. The third-order valence-electron chi connectivity index (χ3n) is 2.73. The predicted octanol–water partition coefficient (Wildman–Crippen LogP) is 2.64. The number of nitrogens with one attached hydrogen (secondary N) is 1. The molecular formula is C16H13N3O2. The number of anilines is 1. The van der Waals surface area contributed by atoms with E-state index < -0.39 is 5.91 Å². The van der Waals surface area contributed by atoms with E-state index in [1.165, 1.54) is 6.08 Å². The van der Waals surface area contributed by atoms with Gasteiger partial charge in [0.05, 0.1) is 7.11 Å². The second kappa shape index (κ2) is 6.87. The van der Waals surface area contributed by atoms with Crippen LogP contribution in [0.2, 0.25) is 0 Å². The van der Waals surface area contributed by atoms with Gasteiger partial charge >= 0.3 is 0 Å². The zero-order chi connectivity index (χ0) is 15.1. The average molecular weight is 279 g/mol. The van der Waals surface area contributed by atoms with E-state index in [0.717, 1.165) is 5.56 Å². The number of aromatic nitrogens is 1. The smallest absolute Gasteiger partial charge is 0.266 e. The molecular weight excluding hydrogens is 266 g/mol. The quantitative estimate of drug-likeness (QED) is 0.689. The zero-order valence-corrected chi connectivity index (χ0v) is 11.4. The Balaban J connectivity index is 2.13. The normalized spacial score (nSPS) is 10.6. The first-order valence-electron chi connectivity index (χ1n) is 6.20. The van der Waals surface area contributed by atoms with E-state index in [-0.39, 0.29) is 5.57 Å².